The number of carbonyl (C=O) groups is 5. The van der Waals surface area contributed by atoms with Crippen molar-refractivity contribution in [2.45, 2.75) is 129 Å². The van der Waals surface area contributed by atoms with Gasteiger partial charge in [-0.2, -0.15) is 4.31 Å². The van der Waals surface area contributed by atoms with Crippen LogP contribution in [0.2, 0.25) is 0 Å². The molecule has 2 aromatic heterocycles. The van der Waals surface area contributed by atoms with Crippen molar-refractivity contribution >= 4 is 62.5 Å². The topological polar surface area (TPSA) is 340 Å². The SMILES string of the molecule is CCC1(COP(=O)(O)OP(=O)(O)OC(OC([C@H](C)OC(C)=O)[C@@H](COC(C)=O)OC(C)=O)[C@@H](COC(C)=O)OC(C)=O)OC(n2cnc3c(N)ncnc32)C2OC(C)(C)O[C@H]21. The maximum atomic E-state index is 13.7. The van der Waals surface area contributed by atoms with Gasteiger partial charge in [0.05, 0.1) is 12.9 Å². The third kappa shape index (κ3) is 13.2. The molecule has 0 aliphatic carbocycles. The fraction of sp³-hybridized carbons (Fsp3) is 0.697. The summed E-state index contributed by atoms with van der Waals surface area (Å²) in [6.07, 6.45) is -9.68. The molecule has 4 N–H and O–H groups in total. The second-order valence-corrected chi connectivity index (χ2v) is 17.1. The first-order chi connectivity index (χ1) is 28.3. The molecule has 342 valence electrons. The van der Waals surface area contributed by atoms with Crippen molar-refractivity contribution in [3.8, 4) is 0 Å². The Labute approximate surface area is 348 Å². The molecular formula is C33H49N5O21P2. The number of nitrogens with two attached hydrogens (primary N) is 1. The van der Waals surface area contributed by atoms with E-state index in [1.807, 2.05) is 0 Å². The molecule has 2 aliphatic rings. The molecule has 61 heavy (non-hydrogen) atoms. The highest BCUT2D eigenvalue weighted by Crippen LogP contribution is 2.62. The molecule has 2 aromatic rings. The Morgan fingerprint density at radius 1 is 0.852 bits per heavy atom. The number of aromatic nitrogens is 4. The van der Waals surface area contributed by atoms with Gasteiger partial charge in [-0.3, -0.25) is 37.6 Å². The Morgan fingerprint density at radius 2 is 1.44 bits per heavy atom. The van der Waals surface area contributed by atoms with Crippen molar-refractivity contribution in [1.82, 2.24) is 19.5 Å². The largest absolute Gasteiger partial charge is 0.483 e. The van der Waals surface area contributed by atoms with E-state index in [9.17, 15) is 42.9 Å². The minimum atomic E-state index is -5.97. The summed E-state index contributed by atoms with van der Waals surface area (Å²) >= 11 is 0. The average Bonchev–Trinajstić information content (AvgIpc) is 3.78. The first kappa shape index (κ1) is 49.5. The lowest BCUT2D eigenvalue weighted by molar-refractivity contribution is -0.242. The zero-order chi connectivity index (χ0) is 45.7. The Bertz CT molecular complexity index is 2030. The summed E-state index contributed by atoms with van der Waals surface area (Å²) in [5, 5.41) is 0. The first-order valence-electron chi connectivity index (χ1n) is 18.4. The van der Waals surface area contributed by atoms with Gasteiger partial charge in [0.25, 0.3) is 0 Å². The van der Waals surface area contributed by atoms with E-state index in [1.54, 1.807) is 20.8 Å². The lowest BCUT2D eigenvalue weighted by Crippen LogP contribution is -2.50. The second kappa shape index (κ2) is 19.9. The second-order valence-electron chi connectivity index (χ2n) is 14.1. The third-order valence-electron chi connectivity index (χ3n) is 8.77. The zero-order valence-corrected chi connectivity index (χ0v) is 36.3. The summed E-state index contributed by atoms with van der Waals surface area (Å²) in [6, 6.07) is 0. The highest BCUT2D eigenvalue weighted by molar-refractivity contribution is 7.61. The monoisotopic (exact) mass is 913 g/mol. The van der Waals surface area contributed by atoms with E-state index in [2.05, 4.69) is 19.3 Å². The number of phosphoric acid groups is 2. The number of esters is 5. The number of nitrogen functional groups attached to an aromatic ring is 1. The number of ether oxygens (including phenoxy) is 9. The van der Waals surface area contributed by atoms with Crippen LogP contribution in [0.1, 0.15) is 75.0 Å². The maximum absolute atomic E-state index is 13.7. The fourth-order valence-corrected chi connectivity index (χ4v) is 8.62. The Kier molecular flexibility index (Phi) is 16.1. The van der Waals surface area contributed by atoms with Gasteiger partial charge in [-0.05, 0) is 27.2 Å². The minimum absolute atomic E-state index is 0.0377. The summed E-state index contributed by atoms with van der Waals surface area (Å²) in [4.78, 5) is 94.1. The van der Waals surface area contributed by atoms with Crippen LogP contribution >= 0.6 is 15.6 Å². The highest BCUT2D eigenvalue weighted by Gasteiger charge is 2.63. The molecule has 0 radical (unpaired) electrons. The van der Waals surface area contributed by atoms with Crippen LogP contribution in [0.25, 0.3) is 11.2 Å². The van der Waals surface area contributed by atoms with Gasteiger partial charge in [-0.25, -0.2) is 24.1 Å². The van der Waals surface area contributed by atoms with Gasteiger partial charge in [-0.1, -0.05) is 6.92 Å². The van der Waals surface area contributed by atoms with Crippen molar-refractivity contribution < 1.29 is 98.9 Å². The molecule has 0 spiro atoms. The van der Waals surface area contributed by atoms with E-state index in [0.29, 0.717) is 0 Å². The Morgan fingerprint density at radius 3 is 2.02 bits per heavy atom. The van der Waals surface area contributed by atoms with E-state index in [1.165, 1.54) is 24.1 Å². The molecule has 11 atom stereocenters. The van der Waals surface area contributed by atoms with Crippen LogP contribution in [0.3, 0.4) is 0 Å². The van der Waals surface area contributed by atoms with E-state index in [0.717, 1.165) is 34.6 Å². The number of hydrogen-bond acceptors (Lipinski definition) is 23. The number of fused-ring (bicyclic) bond motifs is 2. The quantitative estimate of drug-likeness (QED) is 0.0691. The van der Waals surface area contributed by atoms with Gasteiger partial charge in [0.15, 0.2) is 35.7 Å². The fourth-order valence-electron chi connectivity index (χ4n) is 6.40. The molecular weight excluding hydrogens is 864 g/mol. The summed E-state index contributed by atoms with van der Waals surface area (Å²) in [5.41, 5.74) is 4.88. The lowest BCUT2D eigenvalue weighted by Gasteiger charge is -2.36. The first-order valence-corrected chi connectivity index (χ1v) is 21.4. The van der Waals surface area contributed by atoms with Crippen LogP contribution in [0.15, 0.2) is 12.7 Å². The number of imidazole rings is 1. The number of hydrogen-bond donors (Lipinski definition) is 3. The zero-order valence-electron chi connectivity index (χ0n) is 34.5. The molecule has 0 amide bonds. The van der Waals surface area contributed by atoms with Crippen molar-refractivity contribution in [3.63, 3.8) is 0 Å². The van der Waals surface area contributed by atoms with E-state index >= 15 is 0 Å². The average molecular weight is 914 g/mol. The van der Waals surface area contributed by atoms with Crippen molar-refractivity contribution in [2.24, 2.45) is 0 Å². The summed E-state index contributed by atoms with van der Waals surface area (Å²) < 4.78 is 93.9. The van der Waals surface area contributed by atoms with E-state index in [-0.39, 0.29) is 23.4 Å². The molecule has 28 heteroatoms. The lowest BCUT2D eigenvalue weighted by atomic mass is 9.93. The van der Waals surface area contributed by atoms with Crippen LogP contribution < -0.4 is 5.73 Å². The van der Waals surface area contributed by atoms with Crippen molar-refractivity contribution in [2.75, 3.05) is 25.6 Å². The van der Waals surface area contributed by atoms with Gasteiger partial charge < -0.3 is 58.2 Å². The molecule has 2 saturated heterocycles. The van der Waals surface area contributed by atoms with Gasteiger partial charge in [0, 0.05) is 34.6 Å². The van der Waals surface area contributed by atoms with E-state index < -0.39 is 126 Å². The standard InChI is InChI=1S/C33H49N5O21P2/c1-10-33(27-26(55-32(8,9)56-27)30(57-33)38-15-37-24-28(34)35-14-36-29(24)38)13-50-60(44,45)59-61(46,47)58-31(23(53-21(7)43)12-49-18(4)40)54-25(16(2)51-19(5)41)22(52-20(6)42)11-48-17(3)39/h14-16,22-23,25-27,30-31H,10-13H2,1-9H3,(H,44,45)(H,46,47)(H2,34,35,36)/t16-,22+,23+,25?,26?,27+,30?,31?,33?/m0/s1. The molecule has 2 fully saturated rings. The van der Waals surface area contributed by atoms with Gasteiger partial charge >= 0.3 is 45.5 Å². The summed E-state index contributed by atoms with van der Waals surface area (Å²) in [7, 11) is -11.7. The van der Waals surface area contributed by atoms with Crippen molar-refractivity contribution in [1.29, 1.82) is 0 Å². The molecule has 0 aromatic carbocycles. The normalized spacial score (nSPS) is 25.1. The molecule has 4 heterocycles. The van der Waals surface area contributed by atoms with Crippen molar-refractivity contribution in [3.05, 3.63) is 12.7 Å². The van der Waals surface area contributed by atoms with Crippen LogP contribution in [0.4, 0.5) is 5.82 Å². The summed E-state index contributed by atoms with van der Waals surface area (Å²) in [5.74, 6) is -5.86. The Hall–Kier alpha value is -4.20. The minimum Gasteiger partial charge on any atom is -0.462 e. The maximum Gasteiger partial charge on any atom is 0.483 e. The van der Waals surface area contributed by atoms with Crippen LogP contribution in [-0.2, 0) is 89.1 Å². The van der Waals surface area contributed by atoms with Crippen LogP contribution in [0.5, 0.6) is 0 Å². The molecule has 7 unspecified atom stereocenters. The number of phosphoric ester groups is 2. The highest BCUT2D eigenvalue weighted by atomic mass is 31.3. The molecule has 0 bridgehead atoms. The van der Waals surface area contributed by atoms with Crippen LogP contribution in [0, 0.1) is 0 Å². The van der Waals surface area contributed by atoms with Crippen LogP contribution in [-0.4, -0.2) is 133 Å². The molecule has 4 rings (SSSR count). The number of anilines is 1. The smallest absolute Gasteiger partial charge is 0.462 e. The van der Waals surface area contributed by atoms with Gasteiger partial charge in [-0.15, -0.1) is 0 Å². The van der Waals surface area contributed by atoms with Gasteiger partial charge in [0.1, 0.15) is 55.1 Å². The predicted molar refractivity (Wildman–Crippen MR) is 199 cm³/mol. The van der Waals surface area contributed by atoms with Gasteiger partial charge in [0.2, 0.25) is 6.29 Å². The van der Waals surface area contributed by atoms with E-state index in [4.69, 9.17) is 57.4 Å². The molecule has 26 nitrogen and oxygen atoms in total. The third-order valence-corrected chi connectivity index (χ3v) is 11.4. The number of nitrogens with zero attached hydrogens (tertiary/aromatic N) is 4. The predicted octanol–water partition coefficient (Wildman–Crippen LogP) is 1.51. The Balaban J connectivity index is 1.65. The molecule has 2 aliphatic heterocycles. The number of rotatable bonds is 21. The number of carbonyl (C=O) groups excluding carboxylic acids is 5. The molecule has 0 saturated carbocycles. The summed E-state index contributed by atoms with van der Waals surface area (Å²) in [6.45, 7) is 8.45.